The van der Waals surface area contributed by atoms with Crippen LogP contribution >= 0.6 is 22.9 Å². The van der Waals surface area contributed by atoms with Gasteiger partial charge in [-0.3, -0.25) is 9.69 Å². The van der Waals surface area contributed by atoms with Crippen LogP contribution in [0, 0.1) is 5.92 Å². The average Bonchev–Trinajstić information content (AvgIpc) is 2.96. The Balaban J connectivity index is 1.65. The molecule has 2 aromatic rings. The van der Waals surface area contributed by atoms with Crippen molar-refractivity contribution in [3.63, 3.8) is 0 Å². The van der Waals surface area contributed by atoms with Gasteiger partial charge >= 0.3 is 0 Å². The summed E-state index contributed by atoms with van der Waals surface area (Å²) in [6.07, 6.45) is 1.77. The van der Waals surface area contributed by atoms with Crippen molar-refractivity contribution in [3.05, 3.63) is 22.4 Å². The Labute approximate surface area is 132 Å². The molecule has 3 heterocycles. The molecule has 0 atom stereocenters. The molecule has 1 aliphatic rings. The molecule has 21 heavy (non-hydrogen) atoms. The van der Waals surface area contributed by atoms with Crippen molar-refractivity contribution in [2.45, 2.75) is 19.4 Å². The normalized spacial score (nSPS) is 17.2. The number of likely N-dealkylation sites (tertiary alicyclic amines) is 1. The summed E-state index contributed by atoms with van der Waals surface area (Å²) in [6.45, 7) is 2.47. The van der Waals surface area contributed by atoms with E-state index in [4.69, 9.17) is 11.6 Å². The molecule has 0 bridgehead atoms. The number of hydrogen-bond donors (Lipinski definition) is 1. The Morgan fingerprint density at radius 2 is 2.24 bits per heavy atom. The van der Waals surface area contributed by atoms with Gasteiger partial charge in [0.1, 0.15) is 15.8 Å². The van der Waals surface area contributed by atoms with Crippen LogP contribution in [0.25, 0.3) is 10.2 Å². The van der Waals surface area contributed by atoms with E-state index in [1.807, 2.05) is 11.4 Å². The predicted molar refractivity (Wildman–Crippen MR) is 84.5 cm³/mol. The number of carbonyl (C=O) groups is 1. The molecule has 1 aliphatic heterocycles. The highest BCUT2D eigenvalue weighted by Crippen LogP contribution is 2.25. The highest BCUT2D eigenvalue weighted by molar-refractivity contribution is 7.16. The molecule has 0 aliphatic carbocycles. The van der Waals surface area contributed by atoms with Gasteiger partial charge in [0.15, 0.2) is 0 Å². The fourth-order valence-corrected chi connectivity index (χ4v) is 3.78. The Hall–Kier alpha value is -1.24. The zero-order chi connectivity index (χ0) is 14.8. The van der Waals surface area contributed by atoms with E-state index in [0.717, 1.165) is 42.0 Å². The van der Waals surface area contributed by atoms with E-state index in [0.29, 0.717) is 11.7 Å². The fraction of sp³-hybridized carbons (Fsp3) is 0.500. The number of aromatic nitrogens is 2. The third-order valence-corrected chi connectivity index (χ3v) is 4.99. The van der Waals surface area contributed by atoms with Gasteiger partial charge in [-0.25, -0.2) is 9.97 Å². The predicted octanol–water partition coefficient (Wildman–Crippen LogP) is 2.30. The van der Waals surface area contributed by atoms with Crippen LogP contribution in [0.2, 0.25) is 5.15 Å². The Morgan fingerprint density at radius 3 is 2.95 bits per heavy atom. The molecule has 1 fully saturated rings. The smallest absolute Gasteiger partial charge is 0.222 e. The van der Waals surface area contributed by atoms with Crippen LogP contribution < -0.4 is 5.32 Å². The zero-order valence-corrected chi connectivity index (χ0v) is 13.4. The molecule has 3 rings (SSSR count). The van der Waals surface area contributed by atoms with Crippen molar-refractivity contribution >= 4 is 39.1 Å². The second kappa shape index (κ2) is 6.25. The van der Waals surface area contributed by atoms with Crippen LogP contribution in [0.4, 0.5) is 0 Å². The number of fused-ring (bicyclic) bond motifs is 1. The van der Waals surface area contributed by atoms with Gasteiger partial charge in [-0.1, -0.05) is 11.6 Å². The van der Waals surface area contributed by atoms with Crippen molar-refractivity contribution < 1.29 is 4.79 Å². The van der Waals surface area contributed by atoms with Gasteiger partial charge < -0.3 is 5.32 Å². The summed E-state index contributed by atoms with van der Waals surface area (Å²) in [7, 11) is 1.70. The standard InChI is InChI=1S/C14H17ClN4OS/c1-16-13(20)9-2-5-19(6-3-9)8-11-17-12(15)10-4-7-21-14(10)18-11/h4,7,9H,2-3,5-6,8H2,1H3,(H,16,20). The third-order valence-electron chi connectivity index (χ3n) is 3.89. The maximum atomic E-state index is 11.6. The Bertz CT molecular complexity index is 651. The lowest BCUT2D eigenvalue weighted by atomic mass is 9.96. The van der Waals surface area contributed by atoms with E-state index in [9.17, 15) is 4.79 Å². The van der Waals surface area contributed by atoms with Gasteiger partial charge in [0.25, 0.3) is 0 Å². The number of carbonyl (C=O) groups excluding carboxylic acids is 1. The highest BCUT2D eigenvalue weighted by Gasteiger charge is 2.24. The monoisotopic (exact) mass is 324 g/mol. The van der Waals surface area contributed by atoms with Gasteiger partial charge in [0, 0.05) is 18.4 Å². The Kier molecular flexibility index (Phi) is 4.37. The largest absolute Gasteiger partial charge is 0.359 e. The van der Waals surface area contributed by atoms with Crippen molar-refractivity contribution in [1.29, 1.82) is 0 Å². The zero-order valence-electron chi connectivity index (χ0n) is 11.8. The van der Waals surface area contributed by atoms with E-state index >= 15 is 0 Å². The van der Waals surface area contributed by atoms with Crippen LogP contribution in [0.3, 0.4) is 0 Å². The number of rotatable bonds is 3. The molecular formula is C14H17ClN4OS. The molecule has 1 N–H and O–H groups in total. The van der Waals surface area contributed by atoms with Gasteiger partial charge in [-0.05, 0) is 37.4 Å². The SMILES string of the molecule is CNC(=O)C1CCN(Cc2nc(Cl)c3ccsc3n2)CC1. The molecule has 2 aromatic heterocycles. The van der Waals surface area contributed by atoms with Crippen molar-refractivity contribution in [1.82, 2.24) is 20.2 Å². The highest BCUT2D eigenvalue weighted by atomic mass is 35.5. The number of nitrogens with one attached hydrogen (secondary N) is 1. The van der Waals surface area contributed by atoms with Crippen molar-refractivity contribution in [2.24, 2.45) is 5.92 Å². The summed E-state index contributed by atoms with van der Waals surface area (Å²) >= 11 is 7.77. The quantitative estimate of drug-likeness (QED) is 0.880. The molecule has 7 heteroatoms. The lowest BCUT2D eigenvalue weighted by Crippen LogP contribution is -2.39. The van der Waals surface area contributed by atoms with E-state index in [1.54, 1.807) is 18.4 Å². The molecular weight excluding hydrogens is 308 g/mol. The molecule has 1 amide bonds. The molecule has 112 valence electrons. The maximum absolute atomic E-state index is 11.6. The minimum Gasteiger partial charge on any atom is -0.359 e. The van der Waals surface area contributed by atoms with Crippen LogP contribution in [0.15, 0.2) is 11.4 Å². The molecule has 0 aromatic carbocycles. The summed E-state index contributed by atoms with van der Waals surface area (Å²) in [5.74, 6) is 1.04. The number of hydrogen-bond acceptors (Lipinski definition) is 5. The summed E-state index contributed by atoms with van der Waals surface area (Å²) < 4.78 is 0. The molecule has 5 nitrogen and oxygen atoms in total. The van der Waals surface area contributed by atoms with E-state index < -0.39 is 0 Å². The van der Waals surface area contributed by atoms with Gasteiger partial charge in [-0.15, -0.1) is 11.3 Å². The van der Waals surface area contributed by atoms with Gasteiger partial charge in [0.05, 0.1) is 6.54 Å². The van der Waals surface area contributed by atoms with Crippen LogP contribution in [-0.4, -0.2) is 40.9 Å². The number of thiophene rings is 1. The number of halogens is 1. The maximum Gasteiger partial charge on any atom is 0.222 e. The number of nitrogens with zero attached hydrogens (tertiary/aromatic N) is 3. The first-order valence-corrected chi connectivity index (χ1v) is 8.26. The minimum atomic E-state index is 0.135. The number of piperidine rings is 1. The van der Waals surface area contributed by atoms with Crippen molar-refractivity contribution in [3.8, 4) is 0 Å². The summed E-state index contributed by atoms with van der Waals surface area (Å²) in [6, 6.07) is 1.95. The first kappa shape index (κ1) is 14.7. The first-order chi connectivity index (χ1) is 10.2. The van der Waals surface area contributed by atoms with E-state index in [1.165, 1.54) is 0 Å². The average molecular weight is 325 g/mol. The number of amides is 1. The molecule has 0 unspecified atom stereocenters. The fourth-order valence-electron chi connectivity index (χ4n) is 2.69. The topological polar surface area (TPSA) is 58.1 Å². The molecule has 1 saturated heterocycles. The second-order valence-electron chi connectivity index (χ2n) is 5.23. The van der Waals surface area contributed by atoms with Crippen molar-refractivity contribution in [2.75, 3.05) is 20.1 Å². The summed E-state index contributed by atoms with van der Waals surface area (Å²) in [5, 5.41) is 6.15. The lowest BCUT2D eigenvalue weighted by Gasteiger charge is -2.30. The van der Waals surface area contributed by atoms with Crippen LogP contribution in [0.5, 0.6) is 0 Å². The van der Waals surface area contributed by atoms with E-state index in [-0.39, 0.29) is 11.8 Å². The molecule has 0 spiro atoms. The van der Waals surface area contributed by atoms with Crippen LogP contribution in [0.1, 0.15) is 18.7 Å². The first-order valence-electron chi connectivity index (χ1n) is 7.01. The van der Waals surface area contributed by atoms with Crippen LogP contribution in [-0.2, 0) is 11.3 Å². The Morgan fingerprint density at radius 1 is 1.48 bits per heavy atom. The third kappa shape index (κ3) is 3.17. The summed E-state index contributed by atoms with van der Waals surface area (Å²) in [4.78, 5) is 23.8. The minimum absolute atomic E-state index is 0.135. The van der Waals surface area contributed by atoms with Gasteiger partial charge in [0.2, 0.25) is 5.91 Å². The second-order valence-corrected chi connectivity index (χ2v) is 6.49. The van der Waals surface area contributed by atoms with Gasteiger partial charge in [-0.2, -0.15) is 0 Å². The summed E-state index contributed by atoms with van der Waals surface area (Å²) in [5.41, 5.74) is 0. The van der Waals surface area contributed by atoms with E-state index in [2.05, 4.69) is 20.2 Å². The molecule has 0 saturated carbocycles. The lowest BCUT2D eigenvalue weighted by molar-refractivity contribution is -0.125. The molecule has 0 radical (unpaired) electrons.